The molecule has 0 saturated carbocycles. The summed E-state index contributed by atoms with van der Waals surface area (Å²) in [6.07, 6.45) is 1.77. The number of carbonyl (C=O) groups excluding carboxylic acids is 1. The predicted molar refractivity (Wildman–Crippen MR) is 137 cm³/mol. The highest BCUT2D eigenvalue weighted by Gasteiger charge is 2.30. The minimum Gasteiger partial charge on any atom is -0.438 e. The smallest absolute Gasteiger partial charge is 0.416 e. The Balaban J connectivity index is 1.58. The third-order valence-corrected chi connectivity index (χ3v) is 5.77. The molecule has 0 aliphatic heterocycles. The fraction of sp³-hybridized carbons (Fsp3) is 0.136. The van der Waals surface area contributed by atoms with Crippen molar-refractivity contribution >= 4 is 57.6 Å². The quantitative estimate of drug-likeness (QED) is 0.0876. The molecule has 0 saturated heterocycles. The number of hydrogen-bond donors (Lipinski definition) is 2. The molecular weight excluding hydrogens is 621 g/mol. The van der Waals surface area contributed by atoms with Gasteiger partial charge in [0.15, 0.2) is 5.82 Å². The number of hydrogen-bond acceptors (Lipinski definition) is 5. The standard InChI is InChI=1S/C22H17Cl2F3IN5O2/c23-14-10-17(24)20(30-11-14)33-9-1-2-18(33)21(34)31-12-15(28)5-8-19(32-29)35-16-6-3-13(4-7-16)22(25,26)27/h1-11,15H,12,29H2,(H,31,34)/b8-5-,32-19+. The van der Waals surface area contributed by atoms with Crippen LogP contribution in [0.2, 0.25) is 10.0 Å². The molecule has 0 aliphatic rings. The van der Waals surface area contributed by atoms with E-state index in [-0.39, 0.29) is 28.0 Å². The number of nitrogens with zero attached hydrogens (tertiary/aromatic N) is 3. The number of aromatic nitrogens is 2. The summed E-state index contributed by atoms with van der Waals surface area (Å²) in [5.41, 5.74) is -0.473. The number of carbonyl (C=O) groups is 1. The number of halogens is 6. The second-order valence-electron chi connectivity index (χ2n) is 6.90. The van der Waals surface area contributed by atoms with Crippen LogP contribution in [0.5, 0.6) is 5.75 Å². The maximum Gasteiger partial charge on any atom is 0.416 e. The molecule has 7 nitrogen and oxygen atoms in total. The minimum absolute atomic E-state index is 0.0184. The van der Waals surface area contributed by atoms with Crippen LogP contribution in [0.15, 0.2) is 72.1 Å². The number of nitrogens with two attached hydrogens (primary N) is 1. The van der Waals surface area contributed by atoms with Crippen LogP contribution >= 0.6 is 45.8 Å². The number of benzene rings is 1. The summed E-state index contributed by atoms with van der Waals surface area (Å²) >= 11 is 14.2. The molecule has 0 fully saturated rings. The maximum absolute atomic E-state index is 12.7. The Morgan fingerprint density at radius 2 is 2.00 bits per heavy atom. The van der Waals surface area contributed by atoms with Crippen LogP contribution in [-0.4, -0.2) is 31.8 Å². The minimum atomic E-state index is -4.44. The number of alkyl halides is 4. The van der Waals surface area contributed by atoms with Crippen molar-refractivity contribution in [3.63, 3.8) is 0 Å². The van der Waals surface area contributed by atoms with Crippen molar-refractivity contribution < 1.29 is 22.7 Å². The van der Waals surface area contributed by atoms with Crippen LogP contribution in [0.25, 0.3) is 5.82 Å². The number of ether oxygens (including phenoxy) is 1. The van der Waals surface area contributed by atoms with Crippen LogP contribution in [0.3, 0.4) is 0 Å². The normalized spacial score (nSPS) is 13.1. The van der Waals surface area contributed by atoms with Crippen LogP contribution in [0.4, 0.5) is 13.2 Å². The second-order valence-corrected chi connectivity index (χ2v) is 9.34. The van der Waals surface area contributed by atoms with Crippen LogP contribution in [-0.2, 0) is 6.18 Å². The zero-order chi connectivity index (χ0) is 25.6. The van der Waals surface area contributed by atoms with Gasteiger partial charge in [0.05, 0.1) is 15.6 Å². The van der Waals surface area contributed by atoms with Gasteiger partial charge in [0.1, 0.15) is 11.4 Å². The second kappa shape index (κ2) is 11.8. The zero-order valence-corrected chi connectivity index (χ0v) is 21.3. The summed E-state index contributed by atoms with van der Waals surface area (Å²) in [4.78, 5) is 16.9. The number of amides is 1. The number of rotatable bonds is 7. The van der Waals surface area contributed by atoms with E-state index in [0.29, 0.717) is 21.6 Å². The third kappa shape index (κ3) is 7.36. The van der Waals surface area contributed by atoms with Gasteiger partial charge in [0.25, 0.3) is 5.91 Å². The summed E-state index contributed by atoms with van der Waals surface area (Å²) in [6, 6.07) is 8.96. The lowest BCUT2D eigenvalue weighted by Crippen LogP contribution is -2.30. The summed E-state index contributed by atoms with van der Waals surface area (Å²) in [6.45, 7) is 0.251. The molecule has 35 heavy (non-hydrogen) atoms. The van der Waals surface area contributed by atoms with Crippen molar-refractivity contribution in [2.24, 2.45) is 10.9 Å². The van der Waals surface area contributed by atoms with Gasteiger partial charge >= 0.3 is 6.18 Å². The highest BCUT2D eigenvalue weighted by molar-refractivity contribution is 14.1. The SMILES string of the molecule is N/N=C(\C=C/C(I)CNC(=O)c1cccn1-c1ncc(Cl)cc1Cl)Oc1ccc(C(F)(F)F)cc1. The van der Waals surface area contributed by atoms with E-state index in [1.807, 2.05) is 0 Å². The first-order valence-electron chi connectivity index (χ1n) is 9.80. The van der Waals surface area contributed by atoms with Crippen LogP contribution in [0.1, 0.15) is 16.1 Å². The molecule has 13 heteroatoms. The maximum atomic E-state index is 12.7. The molecule has 1 amide bonds. The number of pyridine rings is 1. The van der Waals surface area contributed by atoms with Crippen LogP contribution < -0.4 is 15.9 Å². The predicted octanol–water partition coefficient (Wildman–Crippen LogP) is 5.64. The number of nitrogens with one attached hydrogen (secondary N) is 1. The van der Waals surface area contributed by atoms with Crippen molar-refractivity contribution in [2.45, 2.75) is 10.1 Å². The van der Waals surface area contributed by atoms with E-state index in [4.69, 9.17) is 33.8 Å². The van der Waals surface area contributed by atoms with Crippen molar-refractivity contribution in [1.82, 2.24) is 14.9 Å². The highest BCUT2D eigenvalue weighted by atomic mass is 127. The molecule has 1 aromatic carbocycles. The molecule has 0 bridgehead atoms. The Morgan fingerprint density at radius 1 is 1.29 bits per heavy atom. The van der Waals surface area contributed by atoms with E-state index in [1.54, 1.807) is 29.0 Å². The van der Waals surface area contributed by atoms with Gasteiger partial charge < -0.3 is 15.9 Å². The van der Waals surface area contributed by atoms with E-state index >= 15 is 0 Å². The van der Waals surface area contributed by atoms with Gasteiger partial charge in [0.2, 0.25) is 5.90 Å². The lowest BCUT2D eigenvalue weighted by Gasteiger charge is -2.12. The first-order chi connectivity index (χ1) is 16.6. The zero-order valence-electron chi connectivity index (χ0n) is 17.6. The topological polar surface area (TPSA) is 94.5 Å². The molecular formula is C22H17Cl2F3IN5O2. The molecule has 184 valence electrons. The van der Waals surface area contributed by atoms with Gasteiger partial charge in [0, 0.05) is 22.9 Å². The van der Waals surface area contributed by atoms with Gasteiger partial charge in [-0.2, -0.15) is 13.2 Å². The Kier molecular flexibility index (Phi) is 9.03. The van der Waals surface area contributed by atoms with Gasteiger partial charge in [-0.3, -0.25) is 9.36 Å². The molecule has 2 heterocycles. The summed E-state index contributed by atoms with van der Waals surface area (Å²) in [7, 11) is 0. The van der Waals surface area contributed by atoms with Gasteiger partial charge in [-0.25, -0.2) is 4.98 Å². The molecule has 3 aromatic rings. The summed E-state index contributed by atoms with van der Waals surface area (Å²) in [5.74, 6) is 5.45. The Labute approximate surface area is 221 Å². The van der Waals surface area contributed by atoms with E-state index in [9.17, 15) is 18.0 Å². The summed E-state index contributed by atoms with van der Waals surface area (Å²) < 4.78 is 44.8. The fourth-order valence-corrected chi connectivity index (χ4v) is 3.71. The van der Waals surface area contributed by atoms with Crippen molar-refractivity contribution in [1.29, 1.82) is 0 Å². The average Bonchev–Trinajstić information content (AvgIpc) is 3.29. The molecule has 0 aliphatic carbocycles. The van der Waals surface area contributed by atoms with Crippen molar-refractivity contribution in [3.05, 3.63) is 88.3 Å². The Hall–Kier alpha value is -2.77. The highest BCUT2D eigenvalue weighted by Crippen LogP contribution is 2.30. The van der Waals surface area contributed by atoms with E-state index in [1.165, 1.54) is 30.5 Å². The van der Waals surface area contributed by atoms with E-state index < -0.39 is 11.7 Å². The Morgan fingerprint density at radius 3 is 2.63 bits per heavy atom. The van der Waals surface area contributed by atoms with Gasteiger partial charge in [-0.15, -0.1) is 5.10 Å². The third-order valence-electron chi connectivity index (χ3n) is 4.43. The van der Waals surface area contributed by atoms with Gasteiger partial charge in [-0.1, -0.05) is 51.9 Å². The molecule has 1 unspecified atom stereocenters. The van der Waals surface area contributed by atoms with Crippen molar-refractivity contribution in [2.75, 3.05) is 6.54 Å². The number of hydrazone groups is 1. The Bertz CT molecular complexity index is 1250. The first kappa shape index (κ1) is 26.8. The molecule has 3 N–H and O–H groups in total. The molecule has 0 radical (unpaired) electrons. The fourth-order valence-electron chi connectivity index (χ4n) is 2.81. The molecule has 2 aromatic heterocycles. The molecule has 1 atom stereocenters. The molecule has 0 spiro atoms. The largest absolute Gasteiger partial charge is 0.438 e. The van der Waals surface area contributed by atoms with Crippen LogP contribution in [0, 0.1) is 0 Å². The lowest BCUT2D eigenvalue weighted by atomic mass is 10.2. The average molecular weight is 638 g/mol. The van der Waals surface area contributed by atoms with E-state index in [2.05, 4.69) is 38.0 Å². The molecule has 3 rings (SSSR count). The van der Waals surface area contributed by atoms with Gasteiger partial charge in [-0.05, 0) is 48.5 Å². The monoisotopic (exact) mass is 637 g/mol. The lowest BCUT2D eigenvalue weighted by molar-refractivity contribution is -0.137. The van der Waals surface area contributed by atoms with E-state index in [0.717, 1.165) is 12.1 Å². The first-order valence-corrected chi connectivity index (χ1v) is 11.8. The van der Waals surface area contributed by atoms with Crippen molar-refractivity contribution in [3.8, 4) is 11.6 Å². The summed E-state index contributed by atoms with van der Waals surface area (Å²) in [5, 5.41) is 6.95.